The van der Waals surface area contributed by atoms with E-state index in [1.807, 2.05) is 11.9 Å². The molecule has 6 heterocycles. The lowest BCUT2D eigenvalue weighted by molar-refractivity contribution is -0.130. The molecule has 256 valence electrons. The van der Waals surface area contributed by atoms with Crippen LogP contribution in [0.3, 0.4) is 0 Å². The third-order valence-electron chi connectivity index (χ3n) is 9.80. The zero-order chi connectivity index (χ0) is 33.8. The molecule has 1 aromatic carbocycles. The van der Waals surface area contributed by atoms with Gasteiger partial charge < -0.3 is 15.0 Å². The summed E-state index contributed by atoms with van der Waals surface area (Å²) in [4.78, 5) is 41.4. The van der Waals surface area contributed by atoms with Gasteiger partial charge in [-0.1, -0.05) is 30.7 Å². The maximum atomic E-state index is 16.5. The van der Waals surface area contributed by atoms with Gasteiger partial charge in [-0.3, -0.25) is 29.6 Å². The number of fused-ring (bicyclic) bond motifs is 3. The number of hydrogen-bond acceptors (Lipinski definition) is 8. The van der Waals surface area contributed by atoms with Crippen LogP contribution in [0.1, 0.15) is 63.9 Å². The van der Waals surface area contributed by atoms with Gasteiger partial charge in [-0.05, 0) is 83.1 Å². The predicted molar refractivity (Wildman–Crippen MR) is 186 cm³/mol. The van der Waals surface area contributed by atoms with Crippen molar-refractivity contribution >= 4 is 39.3 Å². The molecule has 4 aromatic rings. The Bertz CT molecular complexity index is 1870. The van der Waals surface area contributed by atoms with Crippen molar-refractivity contribution in [2.24, 2.45) is 0 Å². The van der Waals surface area contributed by atoms with Crippen molar-refractivity contribution in [3.63, 3.8) is 0 Å². The number of hydrogen-bond donors (Lipinski definition) is 3. The number of ether oxygens (including phenoxy) is 1. The van der Waals surface area contributed by atoms with Crippen molar-refractivity contribution in [1.82, 2.24) is 40.3 Å². The molecule has 0 aliphatic carbocycles. The Morgan fingerprint density at radius 1 is 1.19 bits per heavy atom. The third-order valence-corrected chi connectivity index (χ3v) is 10.1. The zero-order valence-corrected chi connectivity index (χ0v) is 28.5. The second kappa shape index (κ2) is 14.7. The number of aromatic amines is 2. The lowest BCUT2D eigenvalue weighted by Gasteiger charge is -2.30. The number of nitrogens with one attached hydrogen (secondary N) is 3. The van der Waals surface area contributed by atoms with Crippen LogP contribution in [-0.2, 0) is 11.2 Å². The smallest absolute Gasteiger partial charge is 0.297 e. The molecule has 0 radical (unpaired) electrons. The molecule has 48 heavy (non-hydrogen) atoms. The minimum atomic E-state index is -0.733. The molecule has 3 fully saturated rings. The Morgan fingerprint density at radius 3 is 2.75 bits per heavy atom. The number of unbranched alkanes of at least 4 members (excludes halogenated alkanes) is 1. The van der Waals surface area contributed by atoms with E-state index in [0.717, 1.165) is 70.4 Å². The molecular weight excluding hydrogens is 635 g/mol. The summed E-state index contributed by atoms with van der Waals surface area (Å²) >= 11 is 6.76. The van der Waals surface area contributed by atoms with E-state index in [9.17, 15) is 9.59 Å². The largest absolute Gasteiger partial charge is 0.463 e. The van der Waals surface area contributed by atoms with Crippen LogP contribution < -0.4 is 15.6 Å². The number of H-pyrrole nitrogens is 2. The fourth-order valence-corrected chi connectivity index (χ4v) is 7.56. The summed E-state index contributed by atoms with van der Waals surface area (Å²) in [7, 11) is 1.93. The molecule has 3 N–H and O–H groups in total. The van der Waals surface area contributed by atoms with Gasteiger partial charge >= 0.3 is 0 Å². The predicted octanol–water partition coefficient (Wildman–Crippen LogP) is 5.39. The standard InChI is InChI=1S/C32H35ClFN7O3.C3H9N/c1-19-14-32(9-6-12-41(32)17-19)18-44-31-37-28-22(30(43)38-31)15-35-29(27(28)34)26-20(23(33)13-24-21(26)16-36-39-24)7-2-3-8-25(42)40-10-4-5-11-40;1-3-4-2/h13,15-16H,1-12,14,17-18H2,(H,36,39)(H,37,38,43);4H,3H2,1-2H3. The van der Waals surface area contributed by atoms with E-state index in [1.165, 1.54) is 6.20 Å². The fraction of sp³-hybridized carbons (Fsp3) is 0.514. The van der Waals surface area contributed by atoms with Gasteiger partial charge in [0.2, 0.25) is 5.91 Å². The quantitative estimate of drug-likeness (QED) is 0.150. The first-order chi connectivity index (χ1) is 23.2. The van der Waals surface area contributed by atoms with Crippen LogP contribution >= 0.6 is 11.6 Å². The number of nitrogens with zero attached hydrogens (tertiary/aromatic N) is 5. The van der Waals surface area contributed by atoms with Crippen LogP contribution in [0.15, 0.2) is 35.4 Å². The first-order valence-electron chi connectivity index (χ1n) is 16.9. The second-order valence-electron chi connectivity index (χ2n) is 13.1. The first kappa shape index (κ1) is 34.0. The number of amides is 1. The van der Waals surface area contributed by atoms with Gasteiger partial charge in [0, 0.05) is 48.2 Å². The summed E-state index contributed by atoms with van der Waals surface area (Å²) in [6, 6.07) is 1.75. The Hall–Kier alpha value is -3.87. The molecule has 1 amide bonds. The fourth-order valence-electron chi connectivity index (χ4n) is 7.26. The highest BCUT2D eigenvalue weighted by molar-refractivity contribution is 6.33. The van der Waals surface area contributed by atoms with Crippen LogP contribution in [0.2, 0.25) is 5.02 Å². The van der Waals surface area contributed by atoms with Crippen molar-refractivity contribution in [2.45, 2.75) is 70.3 Å². The zero-order valence-electron chi connectivity index (χ0n) is 27.8. The van der Waals surface area contributed by atoms with Crippen LogP contribution in [0.5, 0.6) is 6.01 Å². The molecule has 3 aromatic heterocycles. The van der Waals surface area contributed by atoms with E-state index in [4.69, 9.17) is 16.3 Å². The maximum absolute atomic E-state index is 16.5. The molecule has 13 heteroatoms. The number of halogens is 2. The number of carbonyl (C=O) groups excluding carboxylic acids is 1. The molecule has 3 saturated heterocycles. The summed E-state index contributed by atoms with van der Waals surface area (Å²) in [6.07, 6.45) is 10.3. The number of likely N-dealkylation sites (tertiary alicyclic amines) is 1. The van der Waals surface area contributed by atoms with E-state index in [0.29, 0.717) is 59.3 Å². The molecule has 1 unspecified atom stereocenters. The molecule has 3 aliphatic heterocycles. The van der Waals surface area contributed by atoms with Crippen LogP contribution in [0.4, 0.5) is 4.39 Å². The van der Waals surface area contributed by atoms with E-state index in [1.54, 1.807) is 12.3 Å². The monoisotopic (exact) mass is 678 g/mol. The van der Waals surface area contributed by atoms with Gasteiger partial charge in [0.1, 0.15) is 17.8 Å². The Morgan fingerprint density at radius 2 is 1.98 bits per heavy atom. The average molecular weight is 679 g/mol. The third kappa shape index (κ3) is 6.83. The topological polar surface area (TPSA) is 132 Å². The molecule has 7 rings (SSSR count). The Balaban J connectivity index is 0.000000952. The van der Waals surface area contributed by atoms with E-state index >= 15 is 4.39 Å². The van der Waals surface area contributed by atoms with Crippen molar-refractivity contribution < 1.29 is 13.9 Å². The summed E-state index contributed by atoms with van der Waals surface area (Å²) in [5.74, 6) is -0.558. The number of benzene rings is 1. The maximum Gasteiger partial charge on any atom is 0.297 e. The van der Waals surface area contributed by atoms with Gasteiger partial charge in [-0.2, -0.15) is 10.1 Å². The average Bonchev–Trinajstić information content (AvgIpc) is 3.88. The summed E-state index contributed by atoms with van der Waals surface area (Å²) in [5.41, 5.74) is 2.23. The SMILES string of the molecule is C=C1CN2CCCC2(COc2nc3c(F)c(-c4c(CCCCC(=O)N5CCCC5)c(Cl)cc5[nH]ncc45)ncc3c(=O)[nH]2)C1.CCNC. The number of carbonyl (C=O) groups is 1. The van der Waals surface area contributed by atoms with Crippen LogP contribution in [0.25, 0.3) is 33.1 Å². The van der Waals surface area contributed by atoms with Gasteiger partial charge in [-0.15, -0.1) is 0 Å². The lowest BCUT2D eigenvalue weighted by Crippen LogP contribution is -2.43. The Labute approximate surface area is 284 Å². The highest BCUT2D eigenvalue weighted by Gasteiger charge is 2.46. The van der Waals surface area contributed by atoms with Crippen molar-refractivity contribution in [3.8, 4) is 17.3 Å². The van der Waals surface area contributed by atoms with E-state index in [2.05, 4.69) is 48.9 Å². The highest BCUT2D eigenvalue weighted by Crippen LogP contribution is 2.41. The van der Waals surface area contributed by atoms with Crippen molar-refractivity contribution in [3.05, 3.63) is 57.4 Å². The summed E-state index contributed by atoms with van der Waals surface area (Å²) in [6.45, 7) is 11.1. The second-order valence-corrected chi connectivity index (χ2v) is 13.5. The number of pyridine rings is 1. The molecule has 1 atom stereocenters. The van der Waals surface area contributed by atoms with Gasteiger partial charge in [-0.25, -0.2) is 4.39 Å². The van der Waals surface area contributed by atoms with E-state index in [-0.39, 0.29) is 34.1 Å². The number of aromatic nitrogens is 5. The Kier molecular flexibility index (Phi) is 10.4. The summed E-state index contributed by atoms with van der Waals surface area (Å²) in [5, 5.41) is 11.1. The molecule has 3 aliphatic rings. The molecule has 11 nitrogen and oxygen atoms in total. The highest BCUT2D eigenvalue weighted by atomic mass is 35.5. The summed E-state index contributed by atoms with van der Waals surface area (Å²) < 4.78 is 22.5. The van der Waals surface area contributed by atoms with Crippen molar-refractivity contribution in [1.29, 1.82) is 0 Å². The van der Waals surface area contributed by atoms with Gasteiger partial charge in [0.15, 0.2) is 5.82 Å². The molecule has 0 spiro atoms. The van der Waals surface area contributed by atoms with Crippen LogP contribution in [-0.4, -0.2) is 92.8 Å². The van der Waals surface area contributed by atoms with Gasteiger partial charge in [0.25, 0.3) is 11.6 Å². The van der Waals surface area contributed by atoms with Gasteiger partial charge in [0.05, 0.1) is 22.6 Å². The van der Waals surface area contributed by atoms with Crippen molar-refractivity contribution in [2.75, 3.05) is 46.4 Å². The molecular formula is C35H44ClFN8O3. The lowest BCUT2D eigenvalue weighted by atomic mass is 9.94. The van der Waals surface area contributed by atoms with Crippen LogP contribution in [0, 0.1) is 5.82 Å². The normalized spacial score (nSPS) is 19.2. The molecule has 0 saturated carbocycles. The first-order valence-corrected chi connectivity index (χ1v) is 17.3. The minimum absolute atomic E-state index is 0.0280. The number of rotatable bonds is 10. The van der Waals surface area contributed by atoms with E-state index < -0.39 is 11.4 Å². The minimum Gasteiger partial charge on any atom is -0.463 e. The molecule has 0 bridgehead atoms.